The molecule has 2 rings (SSSR count). The molecule has 0 aliphatic heterocycles. The van der Waals surface area contributed by atoms with Crippen molar-refractivity contribution in [3.63, 3.8) is 0 Å². The summed E-state index contributed by atoms with van der Waals surface area (Å²) in [7, 11) is 3.33. The molecule has 0 spiro atoms. The van der Waals surface area contributed by atoms with E-state index in [4.69, 9.17) is 10.5 Å². The van der Waals surface area contributed by atoms with Crippen molar-refractivity contribution >= 4 is 17.0 Å². The highest BCUT2D eigenvalue weighted by atomic mass is 16.5. The summed E-state index contributed by atoms with van der Waals surface area (Å²) in [6.07, 6.45) is 1.63. The van der Waals surface area contributed by atoms with Gasteiger partial charge in [-0.3, -0.25) is 0 Å². The van der Waals surface area contributed by atoms with Crippen LogP contribution in [0.4, 0.5) is 5.82 Å². The molecular weight excluding hydrogens is 170 g/mol. The van der Waals surface area contributed by atoms with E-state index >= 15 is 0 Å². The van der Waals surface area contributed by atoms with Crippen LogP contribution in [0.3, 0.4) is 0 Å². The molecule has 6 heteroatoms. The van der Waals surface area contributed by atoms with Crippen molar-refractivity contribution in [3.05, 3.63) is 6.33 Å². The van der Waals surface area contributed by atoms with Crippen LogP contribution < -0.4 is 10.5 Å². The minimum Gasteiger partial charge on any atom is -0.467 e. The molecule has 0 saturated heterocycles. The molecule has 0 amide bonds. The number of methoxy groups -OCH3 is 1. The van der Waals surface area contributed by atoms with E-state index in [1.165, 1.54) is 7.11 Å². The highest BCUT2D eigenvalue weighted by Gasteiger charge is 2.08. The lowest BCUT2D eigenvalue weighted by Gasteiger charge is -2.00. The summed E-state index contributed by atoms with van der Waals surface area (Å²) >= 11 is 0. The second-order valence-electron chi connectivity index (χ2n) is 2.62. The lowest BCUT2D eigenvalue weighted by molar-refractivity contribution is 0.382. The SMILES string of the molecule is COc1nc(N)c2ncn(C)c2n1. The molecule has 0 aliphatic carbocycles. The summed E-state index contributed by atoms with van der Waals surface area (Å²) in [6, 6.07) is 0.258. The number of hydrogen-bond donors (Lipinski definition) is 1. The molecule has 0 saturated carbocycles. The van der Waals surface area contributed by atoms with Crippen LogP contribution >= 0.6 is 0 Å². The maximum Gasteiger partial charge on any atom is 0.320 e. The molecule has 0 aromatic carbocycles. The third-order valence-corrected chi connectivity index (χ3v) is 1.75. The van der Waals surface area contributed by atoms with E-state index in [1.54, 1.807) is 10.9 Å². The van der Waals surface area contributed by atoms with Gasteiger partial charge in [0.25, 0.3) is 0 Å². The first-order valence-corrected chi connectivity index (χ1v) is 3.71. The molecule has 2 aromatic heterocycles. The second kappa shape index (κ2) is 2.58. The fourth-order valence-corrected chi connectivity index (χ4v) is 1.10. The summed E-state index contributed by atoms with van der Waals surface area (Å²) < 4.78 is 6.64. The Balaban J connectivity index is 2.80. The number of imidazole rings is 1. The van der Waals surface area contributed by atoms with Gasteiger partial charge in [0.1, 0.15) is 5.52 Å². The Hall–Kier alpha value is -1.85. The van der Waals surface area contributed by atoms with Crippen LogP contribution in [-0.2, 0) is 7.05 Å². The number of anilines is 1. The number of nitrogens with zero attached hydrogens (tertiary/aromatic N) is 4. The summed E-state index contributed by atoms with van der Waals surface area (Å²) in [5.74, 6) is 0.336. The van der Waals surface area contributed by atoms with Gasteiger partial charge in [0.2, 0.25) is 0 Å². The van der Waals surface area contributed by atoms with Crippen molar-refractivity contribution in [2.75, 3.05) is 12.8 Å². The van der Waals surface area contributed by atoms with Crippen LogP contribution in [0, 0.1) is 0 Å². The summed E-state index contributed by atoms with van der Waals surface area (Å²) in [5, 5.41) is 0. The van der Waals surface area contributed by atoms with Crippen molar-refractivity contribution in [2.45, 2.75) is 0 Å². The van der Waals surface area contributed by atoms with Crippen LogP contribution in [-0.4, -0.2) is 26.6 Å². The molecule has 68 valence electrons. The van der Waals surface area contributed by atoms with Crippen molar-refractivity contribution in [1.29, 1.82) is 0 Å². The van der Waals surface area contributed by atoms with Crippen LogP contribution in [0.5, 0.6) is 6.01 Å². The smallest absolute Gasteiger partial charge is 0.320 e. The number of aromatic nitrogens is 4. The zero-order valence-electron chi connectivity index (χ0n) is 7.35. The second-order valence-corrected chi connectivity index (χ2v) is 2.62. The van der Waals surface area contributed by atoms with Gasteiger partial charge in [-0.25, -0.2) is 4.98 Å². The van der Waals surface area contributed by atoms with Gasteiger partial charge in [0.05, 0.1) is 13.4 Å². The Kier molecular flexibility index (Phi) is 1.54. The number of aryl methyl sites for hydroxylation is 1. The van der Waals surface area contributed by atoms with Crippen LogP contribution in [0.25, 0.3) is 11.2 Å². The van der Waals surface area contributed by atoms with Crippen molar-refractivity contribution in [1.82, 2.24) is 19.5 Å². The number of rotatable bonds is 1. The van der Waals surface area contributed by atoms with E-state index in [0.29, 0.717) is 17.0 Å². The number of ether oxygens (including phenoxy) is 1. The van der Waals surface area contributed by atoms with Gasteiger partial charge < -0.3 is 15.0 Å². The predicted molar refractivity (Wildman–Crippen MR) is 47.3 cm³/mol. The van der Waals surface area contributed by atoms with E-state index in [-0.39, 0.29) is 6.01 Å². The van der Waals surface area contributed by atoms with Crippen molar-refractivity contribution in [2.24, 2.45) is 7.05 Å². The first-order chi connectivity index (χ1) is 6.22. The van der Waals surface area contributed by atoms with Crippen LogP contribution in [0.2, 0.25) is 0 Å². The highest BCUT2D eigenvalue weighted by Crippen LogP contribution is 2.17. The first kappa shape index (κ1) is 7.78. The lowest BCUT2D eigenvalue weighted by atomic mass is 10.5. The van der Waals surface area contributed by atoms with Crippen molar-refractivity contribution in [3.8, 4) is 6.01 Å². The average Bonchev–Trinajstić information content (AvgIpc) is 2.48. The van der Waals surface area contributed by atoms with Gasteiger partial charge >= 0.3 is 6.01 Å². The molecule has 0 aliphatic rings. The zero-order chi connectivity index (χ0) is 9.42. The molecular formula is C7H9N5O. The lowest BCUT2D eigenvalue weighted by Crippen LogP contribution is -1.99. The summed E-state index contributed by atoms with van der Waals surface area (Å²) in [5.41, 5.74) is 6.91. The molecule has 2 aromatic rings. The maximum absolute atomic E-state index is 5.64. The topological polar surface area (TPSA) is 78.9 Å². The zero-order valence-corrected chi connectivity index (χ0v) is 7.35. The Morgan fingerprint density at radius 1 is 1.46 bits per heavy atom. The maximum atomic E-state index is 5.64. The molecule has 2 N–H and O–H groups in total. The fourth-order valence-electron chi connectivity index (χ4n) is 1.10. The number of hydrogen-bond acceptors (Lipinski definition) is 5. The minimum atomic E-state index is 0.258. The predicted octanol–water partition coefficient (Wildman–Crippen LogP) is -0.0459. The Morgan fingerprint density at radius 3 is 2.92 bits per heavy atom. The van der Waals surface area contributed by atoms with E-state index in [1.807, 2.05) is 7.05 Å². The highest BCUT2D eigenvalue weighted by molar-refractivity contribution is 5.81. The number of nitrogen functional groups attached to an aromatic ring is 1. The minimum absolute atomic E-state index is 0.258. The number of fused-ring (bicyclic) bond motifs is 1. The molecule has 0 atom stereocenters. The van der Waals surface area contributed by atoms with Crippen molar-refractivity contribution < 1.29 is 4.74 Å². The Bertz CT molecular complexity index is 449. The van der Waals surface area contributed by atoms with Gasteiger partial charge in [0, 0.05) is 7.05 Å². The fraction of sp³-hybridized carbons (Fsp3) is 0.286. The van der Waals surface area contributed by atoms with Gasteiger partial charge in [-0.05, 0) is 0 Å². The Labute approximate surface area is 74.4 Å². The van der Waals surface area contributed by atoms with Gasteiger partial charge in [-0.15, -0.1) is 0 Å². The number of nitrogens with two attached hydrogens (primary N) is 1. The summed E-state index contributed by atoms with van der Waals surface area (Å²) in [6.45, 7) is 0. The largest absolute Gasteiger partial charge is 0.467 e. The monoisotopic (exact) mass is 179 g/mol. The molecule has 0 bridgehead atoms. The third-order valence-electron chi connectivity index (χ3n) is 1.75. The third kappa shape index (κ3) is 1.07. The Morgan fingerprint density at radius 2 is 2.23 bits per heavy atom. The quantitative estimate of drug-likeness (QED) is 0.664. The normalized spacial score (nSPS) is 10.6. The van der Waals surface area contributed by atoms with Crippen LogP contribution in [0.15, 0.2) is 6.33 Å². The van der Waals surface area contributed by atoms with Gasteiger partial charge in [-0.2, -0.15) is 9.97 Å². The molecule has 13 heavy (non-hydrogen) atoms. The molecule has 6 nitrogen and oxygen atoms in total. The average molecular weight is 179 g/mol. The van der Waals surface area contributed by atoms with E-state index in [2.05, 4.69) is 15.0 Å². The molecule has 0 unspecified atom stereocenters. The van der Waals surface area contributed by atoms with E-state index in [9.17, 15) is 0 Å². The van der Waals surface area contributed by atoms with Crippen LogP contribution in [0.1, 0.15) is 0 Å². The van der Waals surface area contributed by atoms with E-state index in [0.717, 1.165) is 0 Å². The standard InChI is InChI=1S/C7H9N5O/c1-12-3-9-4-5(8)10-7(13-2)11-6(4)12/h3H,1-2H3,(H2,8,10,11). The summed E-state index contributed by atoms with van der Waals surface area (Å²) in [4.78, 5) is 12.1. The van der Waals surface area contributed by atoms with Gasteiger partial charge in [-0.1, -0.05) is 0 Å². The molecule has 0 radical (unpaired) electrons. The molecule has 2 heterocycles. The molecule has 0 fully saturated rings. The van der Waals surface area contributed by atoms with E-state index < -0.39 is 0 Å². The van der Waals surface area contributed by atoms with Gasteiger partial charge in [0.15, 0.2) is 11.5 Å². The first-order valence-electron chi connectivity index (χ1n) is 3.71.